The van der Waals surface area contributed by atoms with Gasteiger partial charge in [-0.2, -0.15) is 0 Å². The first-order valence-corrected chi connectivity index (χ1v) is 8.04. The van der Waals surface area contributed by atoms with Gasteiger partial charge in [0.15, 0.2) is 0 Å². The van der Waals surface area contributed by atoms with Gasteiger partial charge >= 0.3 is 0 Å². The molecule has 1 N–H and O–H groups in total. The average Bonchev–Trinajstić information content (AvgIpc) is 2.63. The van der Waals surface area contributed by atoms with E-state index in [-0.39, 0.29) is 10.8 Å². The van der Waals surface area contributed by atoms with E-state index >= 15 is 0 Å². The van der Waals surface area contributed by atoms with E-state index < -0.39 is 5.60 Å². The molecule has 1 heterocycles. The van der Waals surface area contributed by atoms with Crippen molar-refractivity contribution in [3.63, 3.8) is 0 Å². The van der Waals surface area contributed by atoms with Gasteiger partial charge in [-0.05, 0) is 62.2 Å². The molecular formula is C17H32O2. The van der Waals surface area contributed by atoms with E-state index in [1.54, 1.807) is 0 Å². The van der Waals surface area contributed by atoms with Gasteiger partial charge in [0.05, 0.1) is 11.7 Å². The second-order valence-corrected chi connectivity index (χ2v) is 8.61. The SMILES string of the molecule is CC1(C)CC(C)(C)CC(O)(CCCC2CCCO2)C1. The van der Waals surface area contributed by atoms with Crippen LogP contribution in [-0.4, -0.2) is 23.4 Å². The fraction of sp³-hybridized carbons (Fsp3) is 1.00. The third kappa shape index (κ3) is 4.46. The fourth-order valence-corrected chi connectivity index (χ4v) is 4.97. The van der Waals surface area contributed by atoms with Crippen LogP contribution >= 0.6 is 0 Å². The summed E-state index contributed by atoms with van der Waals surface area (Å²) >= 11 is 0. The lowest BCUT2D eigenvalue weighted by atomic mass is 9.59. The normalized spacial score (nSPS) is 32.4. The van der Waals surface area contributed by atoms with E-state index in [2.05, 4.69) is 27.7 Å². The molecule has 0 radical (unpaired) electrons. The number of rotatable bonds is 4. The molecule has 112 valence electrons. The van der Waals surface area contributed by atoms with Gasteiger partial charge in [-0.3, -0.25) is 0 Å². The lowest BCUT2D eigenvalue weighted by Gasteiger charge is -2.49. The van der Waals surface area contributed by atoms with Gasteiger partial charge < -0.3 is 9.84 Å². The zero-order valence-corrected chi connectivity index (χ0v) is 13.3. The Labute approximate surface area is 118 Å². The molecule has 1 aliphatic carbocycles. The molecule has 1 saturated carbocycles. The topological polar surface area (TPSA) is 29.5 Å². The van der Waals surface area contributed by atoms with E-state index in [4.69, 9.17) is 4.74 Å². The lowest BCUT2D eigenvalue weighted by Crippen LogP contribution is -2.46. The van der Waals surface area contributed by atoms with Gasteiger partial charge in [0.25, 0.3) is 0 Å². The van der Waals surface area contributed by atoms with Crippen molar-refractivity contribution in [1.29, 1.82) is 0 Å². The van der Waals surface area contributed by atoms with Crippen molar-refractivity contribution in [3.8, 4) is 0 Å². The van der Waals surface area contributed by atoms with E-state index in [1.807, 2.05) is 0 Å². The Morgan fingerprint density at radius 3 is 2.21 bits per heavy atom. The van der Waals surface area contributed by atoms with Crippen LogP contribution in [0.1, 0.15) is 79.1 Å². The smallest absolute Gasteiger partial charge is 0.0658 e. The predicted octanol–water partition coefficient (Wildman–Crippen LogP) is 4.30. The summed E-state index contributed by atoms with van der Waals surface area (Å²) in [5.41, 5.74) is 0.0740. The molecule has 2 heteroatoms. The second-order valence-electron chi connectivity index (χ2n) is 8.61. The van der Waals surface area contributed by atoms with Gasteiger partial charge in [-0.1, -0.05) is 27.7 Å². The van der Waals surface area contributed by atoms with E-state index in [0.29, 0.717) is 6.10 Å². The van der Waals surface area contributed by atoms with Crippen molar-refractivity contribution in [2.45, 2.75) is 90.8 Å². The highest BCUT2D eigenvalue weighted by Crippen LogP contribution is 2.51. The van der Waals surface area contributed by atoms with Crippen LogP contribution in [0.5, 0.6) is 0 Å². The van der Waals surface area contributed by atoms with E-state index in [1.165, 1.54) is 19.3 Å². The minimum atomic E-state index is -0.455. The monoisotopic (exact) mass is 268 g/mol. The Morgan fingerprint density at radius 2 is 1.68 bits per heavy atom. The Balaban J connectivity index is 1.86. The first kappa shape index (κ1) is 15.3. The molecule has 0 bridgehead atoms. The van der Waals surface area contributed by atoms with Gasteiger partial charge in [0.2, 0.25) is 0 Å². The molecule has 0 spiro atoms. The molecule has 19 heavy (non-hydrogen) atoms. The Kier molecular flexibility index (Phi) is 4.32. The van der Waals surface area contributed by atoms with Crippen molar-refractivity contribution < 1.29 is 9.84 Å². The predicted molar refractivity (Wildman–Crippen MR) is 79.2 cm³/mol. The molecule has 2 fully saturated rings. The summed E-state index contributed by atoms with van der Waals surface area (Å²) in [5.74, 6) is 0. The maximum absolute atomic E-state index is 11.0. The Hall–Kier alpha value is -0.0800. The molecule has 1 saturated heterocycles. The number of ether oxygens (including phenoxy) is 1. The van der Waals surface area contributed by atoms with E-state index in [0.717, 1.165) is 38.7 Å². The zero-order valence-electron chi connectivity index (χ0n) is 13.3. The first-order chi connectivity index (χ1) is 8.70. The van der Waals surface area contributed by atoms with Crippen LogP contribution in [0.4, 0.5) is 0 Å². The highest BCUT2D eigenvalue weighted by atomic mass is 16.5. The Bertz CT molecular complexity index is 284. The third-order valence-electron chi connectivity index (χ3n) is 4.76. The highest BCUT2D eigenvalue weighted by Gasteiger charge is 2.45. The van der Waals surface area contributed by atoms with Crippen LogP contribution in [0.25, 0.3) is 0 Å². The van der Waals surface area contributed by atoms with Crippen LogP contribution in [0.3, 0.4) is 0 Å². The molecule has 2 nitrogen and oxygen atoms in total. The minimum Gasteiger partial charge on any atom is -0.390 e. The average molecular weight is 268 g/mol. The van der Waals surface area contributed by atoms with Gasteiger partial charge in [-0.15, -0.1) is 0 Å². The van der Waals surface area contributed by atoms with Crippen molar-refractivity contribution >= 4 is 0 Å². The molecule has 0 aromatic rings. The highest BCUT2D eigenvalue weighted by molar-refractivity contribution is 4.97. The standard InChI is InChI=1S/C17H32O2/c1-15(2)11-16(3,4)13-17(18,12-15)9-5-7-14-8-6-10-19-14/h14,18H,5-13H2,1-4H3. The quantitative estimate of drug-likeness (QED) is 0.823. The molecule has 2 rings (SSSR count). The molecule has 0 aromatic heterocycles. The summed E-state index contributed by atoms with van der Waals surface area (Å²) < 4.78 is 5.68. The van der Waals surface area contributed by atoms with Crippen molar-refractivity contribution in [1.82, 2.24) is 0 Å². The molecular weight excluding hydrogens is 236 g/mol. The van der Waals surface area contributed by atoms with Crippen LogP contribution in [-0.2, 0) is 4.74 Å². The molecule has 2 aliphatic rings. The maximum Gasteiger partial charge on any atom is 0.0658 e. The van der Waals surface area contributed by atoms with E-state index in [9.17, 15) is 5.11 Å². The van der Waals surface area contributed by atoms with Gasteiger partial charge in [0, 0.05) is 6.61 Å². The molecule has 1 atom stereocenters. The Morgan fingerprint density at radius 1 is 1.05 bits per heavy atom. The number of aliphatic hydroxyl groups is 1. The van der Waals surface area contributed by atoms with Crippen LogP contribution in [0.15, 0.2) is 0 Å². The van der Waals surface area contributed by atoms with Crippen molar-refractivity contribution in [2.24, 2.45) is 10.8 Å². The summed E-state index contributed by atoms with van der Waals surface area (Å²) in [7, 11) is 0. The largest absolute Gasteiger partial charge is 0.390 e. The fourth-order valence-electron chi connectivity index (χ4n) is 4.97. The van der Waals surface area contributed by atoms with Crippen molar-refractivity contribution in [2.75, 3.05) is 6.61 Å². The van der Waals surface area contributed by atoms with Gasteiger partial charge in [0.1, 0.15) is 0 Å². The summed E-state index contributed by atoms with van der Waals surface area (Å²) in [6.45, 7) is 10.2. The van der Waals surface area contributed by atoms with Crippen LogP contribution < -0.4 is 0 Å². The molecule has 1 unspecified atom stereocenters. The second kappa shape index (κ2) is 5.37. The zero-order chi connectivity index (χ0) is 14.1. The molecule has 0 aromatic carbocycles. The minimum absolute atomic E-state index is 0.264. The number of hydrogen-bond donors (Lipinski definition) is 1. The number of hydrogen-bond acceptors (Lipinski definition) is 2. The summed E-state index contributed by atoms with van der Waals surface area (Å²) in [6.07, 6.45) is 9.20. The third-order valence-corrected chi connectivity index (χ3v) is 4.76. The molecule has 1 aliphatic heterocycles. The van der Waals surface area contributed by atoms with Crippen molar-refractivity contribution in [3.05, 3.63) is 0 Å². The molecule has 0 amide bonds. The van der Waals surface area contributed by atoms with Crippen LogP contribution in [0.2, 0.25) is 0 Å². The summed E-state index contributed by atoms with van der Waals surface area (Å²) in [5, 5.41) is 11.0. The first-order valence-electron chi connectivity index (χ1n) is 8.04. The lowest BCUT2D eigenvalue weighted by molar-refractivity contribution is -0.0925. The maximum atomic E-state index is 11.0. The van der Waals surface area contributed by atoms with Crippen LogP contribution in [0, 0.1) is 10.8 Å². The summed E-state index contributed by atoms with van der Waals surface area (Å²) in [4.78, 5) is 0. The summed E-state index contributed by atoms with van der Waals surface area (Å²) in [6, 6.07) is 0. The van der Waals surface area contributed by atoms with Gasteiger partial charge in [-0.25, -0.2) is 0 Å².